The van der Waals surface area contributed by atoms with Crippen molar-refractivity contribution in [3.8, 4) is 11.5 Å². The molecule has 2 nitrogen and oxygen atoms in total. The predicted molar refractivity (Wildman–Crippen MR) is 62.5 cm³/mol. The molecule has 0 heterocycles. The third kappa shape index (κ3) is 2.10. The Hall–Kier alpha value is -0.963. The molecule has 0 aliphatic rings. The third-order valence-electron chi connectivity index (χ3n) is 2.21. The molecule has 3 heteroatoms. The smallest absolute Gasteiger partial charge is 0.160 e. The van der Waals surface area contributed by atoms with Crippen LogP contribution >= 0.6 is 0 Å². The van der Waals surface area contributed by atoms with Gasteiger partial charge in [0.05, 0.1) is 22.3 Å². The molecular weight excluding hydrogens is 192 g/mol. The molecule has 0 amide bonds. The van der Waals surface area contributed by atoms with Crippen molar-refractivity contribution >= 4 is 13.3 Å². The van der Waals surface area contributed by atoms with Crippen LogP contribution in [0.15, 0.2) is 18.2 Å². The van der Waals surface area contributed by atoms with Gasteiger partial charge in [-0.2, -0.15) is 0 Å². The fourth-order valence-corrected chi connectivity index (χ4v) is 2.98. The largest absolute Gasteiger partial charge is 0.493 e. The van der Waals surface area contributed by atoms with Crippen molar-refractivity contribution < 1.29 is 9.47 Å². The van der Waals surface area contributed by atoms with Gasteiger partial charge in [0.15, 0.2) is 11.5 Å². The zero-order valence-electron chi connectivity index (χ0n) is 9.55. The molecule has 14 heavy (non-hydrogen) atoms. The third-order valence-corrected chi connectivity index (χ3v) is 4.22. The van der Waals surface area contributed by atoms with E-state index >= 15 is 0 Å². The summed E-state index contributed by atoms with van der Waals surface area (Å²) in [5.74, 6) is 1.72. The van der Waals surface area contributed by atoms with E-state index in [-0.39, 0.29) is 0 Å². The summed E-state index contributed by atoms with van der Waals surface area (Å²) >= 11 is 0. The van der Waals surface area contributed by atoms with Crippen LogP contribution in [0.1, 0.15) is 0 Å². The van der Waals surface area contributed by atoms with Crippen LogP contribution in [0.4, 0.5) is 0 Å². The molecule has 1 aromatic rings. The second-order valence-electron chi connectivity index (χ2n) is 4.29. The van der Waals surface area contributed by atoms with Crippen molar-refractivity contribution in [1.29, 1.82) is 0 Å². The molecule has 0 bridgehead atoms. The number of ether oxygens (including phenoxy) is 2. The first-order chi connectivity index (χ1) is 6.50. The Bertz CT molecular complexity index is 316. The van der Waals surface area contributed by atoms with Gasteiger partial charge in [0, 0.05) is 0 Å². The topological polar surface area (TPSA) is 18.5 Å². The molecule has 0 aromatic heterocycles. The molecule has 0 radical (unpaired) electrons. The summed E-state index contributed by atoms with van der Waals surface area (Å²) in [6.45, 7) is 6.89. The van der Waals surface area contributed by atoms with Crippen LogP contribution in [-0.4, -0.2) is 22.3 Å². The summed E-state index contributed by atoms with van der Waals surface area (Å²) in [4.78, 5) is 0. The Morgan fingerprint density at radius 1 is 1.00 bits per heavy atom. The van der Waals surface area contributed by atoms with Crippen molar-refractivity contribution in [1.82, 2.24) is 0 Å². The van der Waals surface area contributed by atoms with Crippen LogP contribution in [0.25, 0.3) is 0 Å². The maximum absolute atomic E-state index is 5.40. The van der Waals surface area contributed by atoms with Crippen molar-refractivity contribution in [2.75, 3.05) is 14.2 Å². The Labute approximate surface area is 86.9 Å². The minimum absolute atomic E-state index is 0.826. The van der Waals surface area contributed by atoms with Gasteiger partial charge in [0.1, 0.15) is 0 Å². The molecule has 1 rings (SSSR count). The first-order valence-electron chi connectivity index (χ1n) is 4.72. The minimum Gasteiger partial charge on any atom is -0.493 e. The first-order valence-corrected chi connectivity index (χ1v) is 8.22. The maximum Gasteiger partial charge on any atom is 0.160 e. The molecule has 0 saturated heterocycles. The molecule has 0 fully saturated rings. The zero-order chi connectivity index (χ0) is 10.8. The van der Waals surface area contributed by atoms with Crippen LogP contribution < -0.4 is 14.7 Å². The second kappa shape index (κ2) is 4.05. The summed E-state index contributed by atoms with van der Waals surface area (Å²) in [6, 6.07) is 6.09. The fraction of sp³-hybridized carbons (Fsp3) is 0.455. The van der Waals surface area contributed by atoms with E-state index in [1.54, 1.807) is 14.2 Å². The zero-order valence-corrected chi connectivity index (χ0v) is 10.5. The number of para-hydroxylation sites is 1. The van der Waals surface area contributed by atoms with Gasteiger partial charge in [0.25, 0.3) is 0 Å². The normalized spacial score (nSPS) is 11.2. The highest BCUT2D eigenvalue weighted by Crippen LogP contribution is 2.26. The highest BCUT2D eigenvalue weighted by molar-refractivity contribution is 6.89. The van der Waals surface area contributed by atoms with Gasteiger partial charge in [-0.3, -0.25) is 0 Å². The second-order valence-corrected chi connectivity index (χ2v) is 9.33. The predicted octanol–water partition coefficient (Wildman–Crippen LogP) is 2.25. The monoisotopic (exact) mass is 210 g/mol. The fourth-order valence-electron chi connectivity index (χ4n) is 1.48. The van der Waals surface area contributed by atoms with Gasteiger partial charge in [-0.25, -0.2) is 0 Å². The van der Waals surface area contributed by atoms with Gasteiger partial charge in [-0.1, -0.05) is 31.8 Å². The quantitative estimate of drug-likeness (QED) is 0.712. The number of hydrogen-bond acceptors (Lipinski definition) is 2. The van der Waals surface area contributed by atoms with E-state index < -0.39 is 8.07 Å². The molecule has 0 atom stereocenters. The summed E-state index contributed by atoms with van der Waals surface area (Å²) < 4.78 is 10.7. The maximum atomic E-state index is 5.40. The van der Waals surface area contributed by atoms with E-state index in [1.165, 1.54) is 5.19 Å². The molecule has 0 aliphatic heterocycles. The van der Waals surface area contributed by atoms with E-state index in [4.69, 9.17) is 9.47 Å². The van der Waals surface area contributed by atoms with Crippen LogP contribution in [0.5, 0.6) is 11.5 Å². The van der Waals surface area contributed by atoms with E-state index in [9.17, 15) is 0 Å². The number of hydrogen-bond donors (Lipinski definition) is 0. The minimum atomic E-state index is -1.35. The molecule has 1 aromatic carbocycles. The Morgan fingerprint density at radius 3 is 2.07 bits per heavy atom. The van der Waals surface area contributed by atoms with E-state index in [2.05, 4.69) is 25.7 Å². The molecular formula is C11H18O2Si. The summed E-state index contributed by atoms with van der Waals surface area (Å²) in [5, 5.41) is 1.30. The lowest BCUT2D eigenvalue weighted by Crippen LogP contribution is -2.38. The van der Waals surface area contributed by atoms with Crippen molar-refractivity contribution in [2.24, 2.45) is 0 Å². The standard InChI is InChI=1S/C11H18O2Si/c1-12-9-7-6-8-10(11(9)13-2)14(3,4)5/h6-8H,1-5H3. The SMILES string of the molecule is COc1cccc([Si](C)(C)C)c1OC. The van der Waals surface area contributed by atoms with Gasteiger partial charge in [-0.15, -0.1) is 0 Å². The highest BCUT2D eigenvalue weighted by Gasteiger charge is 2.22. The van der Waals surface area contributed by atoms with E-state index in [1.807, 2.05) is 12.1 Å². The molecule has 0 aliphatic carbocycles. The van der Waals surface area contributed by atoms with E-state index in [0.29, 0.717) is 0 Å². The summed E-state index contributed by atoms with van der Waals surface area (Å²) in [6.07, 6.45) is 0. The van der Waals surface area contributed by atoms with Gasteiger partial charge in [-0.05, 0) is 11.3 Å². The highest BCUT2D eigenvalue weighted by atomic mass is 28.3. The van der Waals surface area contributed by atoms with Crippen LogP contribution in [0.3, 0.4) is 0 Å². The van der Waals surface area contributed by atoms with Crippen molar-refractivity contribution in [2.45, 2.75) is 19.6 Å². The first kappa shape index (κ1) is 11.1. The Morgan fingerprint density at radius 2 is 1.64 bits per heavy atom. The van der Waals surface area contributed by atoms with Gasteiger partial charge in [0.2, 0.25) is 0 Å². The number of methoxy groups -OCH3 is 2. The number of benzene rings is 1. The van der Waals surface area contributed by atoms with Crippen molar-refractivity contribution in [3.05, 3.63) is 18.2 Å². The average molecular weight is 210 g/mol. The summed E-state index contributed by atoms with van der Waals surface area (Å²) in [7, 11) is 2.02. The van der Waals surface area contributed by atoms with Crippen LogP contribution in [-0.2, 0) is 0 Å². The summed E-state index contributed by atoms with van der Waals surface area (Å²) in [5.41, 5.74) is 0. The molecule has 0 N–H and O–H groups in total. The molecule has 0 saturated carbocycles. The average Bonchev–Trinajstić information content (AvgIpc) is 2.15. The number of rotatable bonds is 3. The van der Waals surface area contributed by atoms with Crippen LogP contribution in [0, 0.1) is 0 Å². The molecule has 0 spiro atoms. The van der Waals surface area contributed by atoms with Gasteiger partial charge >= 0.3 is 0 Å². The Balaban J connectivity index is 3.29. The van der Waals surface area contributed by atoms with Gasteiger partial charge < -0.3 is 9.47 Å². The van der Waals surface area contributed by atoms with Crippen LogP contribution in [0.2, 0.25) is 19.6 Å². The molecule has 78 valence electrons. The lowest BCUT2D eigenvalue weighted by Gasteiger charge is -2.21. The lowest BCUT2D eigenvalue weighted by molar-refractivity contribution is 0.357. The van der Waals surface area contributed by atoms with E-state index in [0.717, 1.165) is 11.5 Å². The van der Waals surface area contributed by atoms with Crippen molar-refractivity contribution in [3.63, 3.8) is 0 Å². The Kier molecular flexibility index (Phi) is 3.21. The lowest BCUT2D eigenvalue weighted by atomic mass is 10.3. The molecule has 0 unspecified atom stereocenters.